The van der Waals surface area contributed by atoms with E-state index >= 15 is 0 Å². The maximum absolute atomic E-state index is 10.7. The van der Waals surface area contributed by atoms with Crippen LogP contribution in [0.15, 0.2) is 17.3 Å². The minimum Gasteiger partial charge on any atom is -0.353 e. The predicted octanol–water partition coefficient (Wildman–Crippen LogP) is 0.209. The lowest BCUT2D eigenvalue weighted by atomic mass is 10.5. The van der Waals surface area contributed by atoms with Gasteiger partial charge in [-0.2, -0.15) is 0 Å². The molecule has 0 saturated heterocycles. The average molecular weight is 250 g/mol. The van der Waals surface area contributed by atoms with Crippen LogP contribution in [0.1, 0.15) is 13.8 Å². The molecule has 1 aliphatic heterocycles. The van der Waals surface area contributed by atoms with Crippen LogP contribution in [0, 0.1) is 11.8 Å². The summed E-state index contributed by atoms with van der Waals surface area (Å²) < 4.78 is 0. The molecule has 5 heteroatoms. The summed E-state index contributed by atoms with van der Waals surface area (Å²) in [6, 6.07) is 0. The maximum atomic E-state index is 10.7. The highest BCUT2D eigenvalue weighted by molar-refractivity contribution is 5.72. The molecule has 0 spiro atoms. The van der Waals surface area contributed by atoms with Crippen LogP contribution in [0.5, 0.6) is 0 Å². The Hall–Kier alpha value is -1.80. The van der Waals surface area contributed by atoms with Gasteiger partial charge >= 0.3 is 0 Å². The molecule has 0 atom stereocenters. The smallest absolute Gasteiger partial charge is 0.219 e. The quantitative estimate of drug-likeness (QED) is 0.554. The van der Waals surface area contributed by atoms with Crippen molar-refractivity contribution in [2.45, 2.75) is 13.8 Å². The Morgan fingerprint density at radius 1 is 1.61 bits per heavy atom. The molecule has 0 saturated carbocycles. The van der Waals surface area contributed by atoms with Crippen molar-refractivity contribution in [2.24, 2.45) is 4.99 Å². The first kappa shape index (κ1) is 16.2. The second-order valence-corrected chi connectivity index (χ2v) is 3.61. The Bertz CT molecular complexity index is 319. The molecule has 100 valence electrons. The van der Waals surface area contributed by atoms with Gasteiger partial charge in [0.2, 0.25) is 5.91 Å². The number of amides is 1. The van der Waals surface area contributed by atoms with Crippen LogP contribution in [-0.2, 0) is 4.79 Å². The number of likely N-dealkylation sites (N-methyl/N-ethyl adjacent to an activating group) is 1. The molecular formula is C13H22N4O. The lowest BCUT2D eigenvalue weighted by Crippen LogP contribution is -2.32. The monoisotopic (exact) mass is 250 g/mol. The Morgan fingerprint density at radius 3 is 2.78 bits per heavy atom. The van der Waals surface area contributed by atoms with Gasteiger partial charge in [0.05, 0.1) is 19.4 Å². The Balaban J connectivity index is 0.000000397. The molecule has 0 aromatic carbocycles. The minimum atomic E-state index is 0.0957. The standard InChI is InChI=1S/C9H16N2O.C4H6N2/c1-4-5-6-10-7-8-11(3)9(2)12;1-2-5-4-6-3-1/h10H,6-8H2,1-3H3;1-2,4H,3H2,(H,5,6). The van der Waals surface area contributed by atoms with E-state index in [-0.39, 0.29) is 5.91 Å². The first-order valence-electron chi connectivity index (χ1n) is 5.90. The van der Waals surface area contributed by atoms with Crippen molar-refractivity contribution in [1.29, 1.82) is 0 Å². The van der Waals surface area contributed by atoms with Crippen LogP contribution >= 0.6 is 0 Å². The summed E-state index contributed by atoms with van der Waals surface area (Å²) in [5.41, 5.74) is 0. The molecule has 1 amide bonds. The van der Waals surface area contributed by atoms with E-state index in [1.165, 1.54) is 0 Å². The molecular weight excluding hydrogens is 228 g/mol. The van der Waals surface area contributed by atoms with Gasteiger partial charge in [-0.25, -0.2) is 0 Å². The van der Waals surface area contributed by atoms with Gasteiger partial charge in [-0.15, -0.1) is 5.92 Å². The van der Waals surface area contributed by atoms with E-state index < -0.39 is 0 Å². The van der Waals surface area contributed by atoms with Gasteiger partial charge in [0.25, 0.3) is 0 Å². The molecule has 0 fully saturated rings. The van der Waals surface area contributed by atoms with Crippen molar-refractivity contribution in [1.82, 2.24) is 15.5 Å². The molecule has 0 unspecified atom stereocenters. The average Bonchev–Trinajstić information content (AvgIpc) is 2.41. The summed E-state index contributed by atoms with van der Waals surface area (Å²) in [7, 11) is 1.79. The fourth-order valence-electron chi connectivity index (χ4n) is 0.974. The number of carbonyl (C=O) groups is 1. The summed E-state index contributed by atoms with van der Waals surface area (Å²) >= 11 is 0. The molecule has 1 aliphatic rings. The first-order valence-corrected chi connectivity index (χ1v) is 5.90. The van der Waals surface area contributed by atoms with Gasteiger partial charge in [0.1, 0.15) is 0 Å². The van der Waals surface area contributed by atoms with Gasteiger partial charge in [-0.3, -0.25) is 9.79 Å². The highest BCUT2D eigenvalue weighted by Crippen LogP contribution is 1.80. The SMILES string of the molecule is C1=CNC=NC1.CC#CCNCCN(C)C(C)=O. The van der Waals surface area contributed by atoms with Crippen molar-refractivity contribution in [3.05, 3.63) is 12.3 Å². The van der Waals surface area contributed by atoms with E-state index in [0.29, 0.717) is 6.54 Å². The molecule has 0 bridgehead atoms. The Morgan fingerprint density at radius 2 is 2.39 bits per heavy atom. The lowest BCUT2D eigenvalue weighted by molar-refractivity contribution is -0.127. The van der Waals surface area contributed by atoms with E-state index in [0.717, 1.165) is 19.6 Å². The van der Waals surface area contributed by atoms with Crippen LogP contribution in [0.3, 0.4) is 0 Å². The molecule has 18 heavy (non-hydrogen) atoms. The summed E-state index contributed by atoms with van der Waals surface area (Å²) in [6.45, 7) is 6.43. The van der Waals surface area contributed by atoms with Crippen molar-refractivity contribution >= 4 is 12.2 Å². The molecule has 0 radical (unpaired) electrons. The van der Waals surface area contributed by atoms with Crippen LogP contribution in [0.2, 0.25) is 0 Å². The Labute approximate surface area is 109 Å². The van der Waals surface area contributed by atoms with E-state index in [1.54, 1.807) is 25.2 Å². The van der Waals surface area contributed by atoms with Gasteiger partial charge in [-0.1, -0.05) is 5.92 Å². The fraction of sp³-hybridized carbons (Fsp3) is 0.538. The first-order chi connectivity index (χ1) is 8.68. The van der Waals surface area contributed by atoms with Crippen molar-refractivity contribution in [3.63, 3.8) is 0 Å². The van der Waals surface area contributed by atoms with Crippen molar-refractivity contribution < 1.29 is 4.79 Å². The number of nitrogens with one attached hydrogen (secondary N) is 2. The van der Waals surface area contributed by atoms with Crippen molar-refractivity contribution in [3.8, 4) is 11.8 Å². The van der Waals surface area contributed by atoms with Gasteiger partial charge < -0.3 is 15.5 Å². The van der Waals surface area contributed by atoms with Crippen LogP contribution in [0.4, 0.5) is 0 Å². The number of aliphatic imine (C=N–C) groups is 1. The van der Waals surface area contributed by atoms with E-state index in [9.17, 15) is 4.79 Å². The third-order valence-corrected chi connectivity index (χ3v) is 2.14. The van der Waals surface area contributed by atoms with Crippen LogP contribution in [0.25, 0.3) is 0 Å². The molecule has 1 rings (SSSR count). The van der Waals surface area contributed by atoms with E-state index in [2.05, 4.69) is 27.5 Å². The number of hydrogen-bond acceptors (Lipinski definition) is 4. The highest BCUT2D eigenvalue weighted by Gasteiger charge is 1.98. The number of nitrogens with zero attached hydrogens (tertiary/aromatic N) is 2. The topological polar surface area (TPSA) is 56.7 Å². The number of hydrogen-bond donors (Lipinski definition) is 2. The molecule has 5 nitrogen and oxygen atoms in total. The molecule has 1 heterocycles. The fourth-order valence-corrected chi connectivity index (χ4v) is 0.974. The largest absolute Gasteiger partial charge is 0.353 e. The predicted molar refractivity (Wildman–Crippen MR) is 75.3 cm³/mol. The number of carbonyl (C=O) groups excluding carboxylic acids is 1. The van der Waals surface area contributed by atoms with Crippen molar-refractivity contribution in [2.75, 3.05) is 33.2 Å². The van der Waals surface area contributed by atoms with Gasteiger partial charge in [-0.05, 0) is 19.2 Å². The van der Waals surface area contributed by atoms with E-state index in [4.69, 9.17) is 0 Å². The third kappa shape index (κ3) is 10.7. The molecule has 0 aromatic heterocycles. The maximum Gasteiger partial charge on any atom is 0.219 e. The summed E-state index contributed by atoms with van der Waals surface area (Å²) in [5.74, 6) is 5.77. The third-order valence-electron chi connectivity index (χ3n) is 2.14. The van der Waals surface area contributed by atoms with E-state index in [1.807, 2.05) is 19.2 Å². The lowest BCUT2D eigenvalue weighted by Gasteiger charge is -2.13. The van der Waals surface area contributed by atoms with Crippen LogP contribution in [-0.4, -0.2) is 50.4 Å². The summed E-state index contributed by atoms with van der Waals surface area (Å²) in [4.78, 5) is 16.3. The summed E-state index contributed by atoms with van der Waals surface area (Å²) in [6.07, 6.45) is 5.51. The number of rotatable bonds is 4. The second-order valence-electron chi connectivity index (χ2n) is 3.61. The molecule has 0 aliphatic carbocycles. The summed E-state index contributed by atoms with van der Waals surface area (Å²) in [5, 5.41) is 5.92. The van der Waals surface area contributed by atoms with Crippen LogP contribution < -0.4 is 10.6 Å². The second kappa shape index (κ2) is 11.7. The zero-order chi connectivity index (χ0) is 13.6. The molecule has 2 N–H and O–H groups in total. The zero-order valence-electron chi connectivity index (χ0n) is 11.4. The van der Waals surface area contributed by atoms with Gasteiger partial charge in [0, 0.05) is 27.1 Å². The normalized spacial score (nSPS) is 11.5. The Kier molecular flexibility index (Phi) is 10.5. The van der Waals surface area contributed by atoms with Gasteiger partial charge in [0.15, 0.2) is 0 Å². The minimum absolute atomic E-state index is 0.0957. The highest BCUT2D eigenvalue weighted by atomic mass is 16.2. The molecule has 0 aromatic rings. The zero-order valence-corrected chi connectivity index (χ0v) is 11.4.